The van der Waals surface area contributed by atoms with Gasteiger partial charge in [-0.1, -0.05) is 32.0 Å². The molecule has 108 valence electrons. The highest BCUT2D eigenvalue weighted by Crippen LogP contribution is 2.39. The zero-order chi connectivity index (χ0) is 14.2. The summed E-state index contributed by atoms with van der Waals surface area (Å²) in [5.41, 5.74) is 9.20. The zero-order valence-electron chi connectivity index (χ0n) is 12.1. The van der Waals surface area contributed by atoms with Gasteiger partial charge in [-0.3, -0.25) is 5.43 Å². The van der Waals surface area contributed by atoms with Crippen molar-refractivity contribution in [3.63, 3.8) is 0 Å². The molecule has 0 spiro atoms. The predicted molar refractivity (Wildman–Crippen MR) is 82.0 cm³/mol. The second-order valence-corrected chi connectivity index (χ2v) is 6.57. The summed E-state index contributed by atoms with van der Waals surface area (Å²) in [7, 11) is 0. The van der Waals surface area contributed by atoms with Gasteiger partial charge < -0.3 is 11.2 Å². The fraction of sp³-hybridized carbons (Fsp3) is 0.533. The summed E-state index contributed by atoms with van der Waals surface area (Å²) in [4.78, 5) is 0. The van der Waals surface area contributed by atoms with Crippen molar-refractivity contribution in [2.24, 2.45) is 22.3 Å². The lowest BCUT2D eigenvalue weighted by Gasteiger charge is -2.38. The van der Waals surface area contributed by atoms with Gasteiger partial charge in [-0.15, -0.1) is 0 Å². The van der Waals surface area contributed by atoms with Gasteiger partial charge in [-0.05, 0) is 30.4 Å². The van der Waals surface area contributed by atoms with Crippen LogP contribution in [0.5, 0.6) is 0 Å². The van der Waals surface area contributed by atoms with E-state index in [4.69, 9.17) is 5.84 Å². The number of anilines is 1. The van der Waals surface area contributed by atoms with Crippen molar-refractivity contribution >= 4 is 11.4 Å². The second kappa shape index (κ2) is 5.07. The first-order valence-electron chi connectivity index (χ1n) is 7.18. The van der Waals surface area contributed by atoms with Crippen molar-refractivity contribution in [2.75, 3.05) is 5.32 Å². The molecule has 5 nitrogen and oxygen atoms in total. The number of nitrogens with two attached hydrogens (primary N) is 1. The third-order valence-electron chi connectivity index (χ3n) is 4.30. The highest BCUT2D eigenvalue weighted by molar-refractivity contribution is 5.90. The molecule has 1 saturated carbocycles. The van der Waals surface area contributed by atoms with Gasteiger partial charge in [0, 0.05) is 17.4 Å². The molecule has 3 unspecified atom stereocenters. The van der Waals surface area contributed by atoms with Crippen molar-refractivity contribution in [1.82, 2.24) is 10.9 Å². The molecular weight excluding hydrogens is 250 g/mol. The van der Waals surface area contributed by atoms with E-state index in [1.54, 1.807) is 0 Å². The number of hydrogen-bond acceptors (Lipinski definition) is 5. The molecule has 1 saturated heterocycles. The van der Waals surface area contributed by atoms with Crippen LogP contribution in [0.2, 0.25) is 0 Å². The van der Waals surface area contributed by atoms with Gasteiger partial charge in [-0.2, -0.15) is 5.10 Å². The third-order valence-corrected chi connectivity index (χ3v) is 4.30. The minimum Gasteiger partial charge on any atom is -0.368 e. The molecule has 1 aromatic carbocycles. The minimum atomic E-state index is 0.126. The van der Waals surface area contributed by atoms with E-state index >= 15 is 0 Å². The van der Waals surface area contributed by atoms with Crippen molar-refractivity contribution < 1.29 is 0 Å². The minimum absolute atomic E-state index is 0.126. The molecule has 1 aliphatic heterocycles. The van der Waals surface area contributed by atoms with Crippen LogP contribution >= 0.6 is 0 Å². The number of benzene rings is 1. The van der Waals surface area contributed by atoms with Gasteiger partial charge in [0.05, 0.1) is 12.1 Å². The van der Waals surface area contributed by atoms with E-state index in [2.05, 4.69) is 47.2 Å². The quantitative estimate of drug-likeness (QED) is 0.488. The molecule has 1 aromatic rings. The van der Waals surface area contributed by atoms with Crippen LogP contribution in [0.15, 0.2) is 35.4 Å². The number of fused-ring (bicyclic) bond motifs is 1. The van der Waals surface area contributed by atoms with Crippen molar-refractivity contribution in [3.05, 3.63) is 30.3 Å². The Labute approximate surface area is 120 Å². The molecule has 3 atom stereocenters. The summed E-state index contributed by atoms with van der Waals surface area (Å²) in [5.74, 6) is 5.94. The molecule has 2 aliphatic rings. The summed E-state index contributed by atoms with van der Waals surface area (Å²) in [6, 6.07) is 10.6. The fourth-order valence-electron chi connectivity index (χ4n) is 3.46. The van der Waals surface area contributed by atoms with Crippen LogP contribution in [0.3, 0.4) is 0 Å². The molecule has 3 rings (SSSR count). The first-order chi connectivity index (χ1) is 9.59. The Bertz CT molecular complexity index is 496. The molecule has 1 aliphatic carbocycles. The molecule has 5 N–H and O–H groups in total. The molecule has 5 heteroatoms. The van der Waals surface area contributed by atoms with Crippen LogP contribution in [0.1, 0.15) is 26.7 Å². The Balaban J connectivity index is 1.79. The Kier molecular flexibility index (Phi) is 3.40. The number of rotatable bonds is 2. The Morgan fingerprint density at radius 3 is 2.70 bits per heavy atom. The smallest absolute Gasteiger partial charge is 0.0993 e. The van der Waals surface area contributed by atoms with Crippen LogP contribution in [0.4, 0.5) is 5.69 Å². The van der Waals surface area contributed by atoms with Crippen LogP contribution in [0, 0.1) is 11.3 Å². The van der Waals surface area contributed by atoms with Crippen LogP contribution in [-0.4, -0.2) is 17.9 Å². The van der Waals surface area contributed by atoms with E-state index in [-0.39, 0.29) is 11.6 Å². The van der Waals surface area contributed by atoms with E-state index < -0.39 is 0 Å². The van der Waals surface area contributed by atoms with Crippen LogP contribution in [0.25, 0.3) is 0 Å². The second-order valence-electron chi connectivity index (χ2n) is 6.57. The Morgan fingerprint density at radius 1 is 1.25 bits per heavy atom. The molecule has 2 fully saturated rings. The number of hydrazine groups is 1. The molecule has 0 radical (unpaired) electrons. The highest BCUT2D eigenvalue weighted by atomic mass is 15.5. The molecule has 0 bridgehead atoms. The maximum Gasteiger partial charge on any atom is 0.0993 e. The maximum absolute atomic E-state index is 5.64. The lowest BCUT2D eigenvalue weighted by Crippen LogP contribution is -2.46. The van der Waals surface area contributed by atoms with Crippen LogP contribution in [-0.2, 0) is 0 Å². The van der Waals surface area contributed by atoms with E-state index in [0.717, 1.165) is 24.2 Å². The van der Waals surface area contributed by atoms with E-state index in [1.807, 2.05) is 18.2 Å². The first kappa shape index (κ1) is 13.4. The standard InChI is InChI=1S/C15H23N5/c1-15(2)8-11(18-16)13-12(9-15)19-20-14(13)17-10-6-4-3-5-7-10/h3-7,12-14,17,19-20H,8-9,16H2,1-2H3/b18-11-. The molecule has 0 aromatic heterocycles. The summed E-state index contributed by atoms with van der Waals surface area (Å²) >= 11 is 0. The molecule has 0 amide bonds. The summed E-state index contributed by atoms with van der Waals surface area (Å²) in [5, 5.41) is 7.60. The zero-order valence-corrected chi connectivity index (χ0v) is 12.1. The fourth-order valence-corrected chi connectivity index (χ4v) is 3.46. The number of para-hydroxylation sites is 1. The average molecular weight is 273 g/mol. The van der Waals surface area contributed by atoms with Crippen LogP contribution < -0.4 is 22.0 Å². The van der Waals surface area contributed by atoms with Gasteiger partial charge >= 0.3 is 0 Å². The van der Waals surface area contributed by atoms with Gasteiger partial charge in [0.2, 0.25) is 0 Å². The van der Waals surface area contributed by atoms with Crippen molar-refractivity contribution in [1.29, 1.82) is 0 Å². The molecule has 20 heavy (non-hydrogen) atoms. The Morgan fingerprint density at radius 2 is 2.00 bits per heavy atom. The summed E-state index contributed by atoms with van der Waals surface area (Å²) in [6.45, 7) is 4.54. The van der Waals surface area contributed by atoms with E-state index in [9.17, 15) is 0 Å². The summed E-state index contributed by atoms with van der Waals surface area (Å²) in [6.07, 6.45) is 2.21. The topological polar surface area (TPSA) is 74.5 Å². The largest absolute Gasteiger partial charge is 0.368 e. The lowest BCUT2D eigenvalue weighted by molar-refractivity contribution is 0.256. The summed E-state index contributed by atoms with van der Waals surface area (Å²) < 4.78 is 0. The van der Waals surface area contributed by atoms with Gasteiger partial charge in [-0.25, -0.2) is 5.43 Å². The monoisotopic (exact) mass is 273 g/mol. The normalized spacial score (nSPS) is 33.9. The lowest BCUT2D eigenvalue weighted by atomic mass is 9.69. The van der Waals surface area contributed by atoms with E-state index in [1.165, 1.54) is 0 Å². The van der Waals surface area contributed by atoms with Gasteiger partial charge in [0.1, 0.15) is 0 Å². The maximum atomic E-state index is 5.64. The number of nitrogens with one attached hydrogen (secondary N) is 3. The first-order valence-corrected chi connectivity index (χ1v) is 7.18. The van der Waals surface area contributed by atoms with Crippen molar-refractivity contribution in [3.8, 4) is 0 Å². The predicted octanol–water partition coefficient (Wildman–Crippen LogP) is 1.65. The SMILES string of the molecule is CC1(C)C/C(=N/N)C2C(C1)NNC2Nc1ccccc1. The number of nitrogens with zero attached hydrogens (tertiary/aromatic N) is 1. The van der Waals surface area contributed by atoms with E-state index in [0.29, 0.717) is 12.0 Å². The van der Waals surface area contributed by atoms with Gasteiger partial charge in [0.15, 0.2) is 0 Å². The van der Waals surface area contributed by atoms with Gasteiger partial charge in [0.25, 0.3) is 0 Å². The Hall–Kier alpha value is -1.59. The average Bonchev–Trinajstić information content (AvgIpc) is 2.80. The molecule has 1 heterocycles. The highest BCUT2D eigenvalue weighted by Gasteiger charge is 2.46. The van der Waals surface area contributed by atoms with Crippen molar-refractivity contribution in [2.45, 2.75) is 38.9 Å². The molecular formula is C15H23N5. The number of hydrazone groups is 1. The number of hydrogen-bond donors (Lipinski definition) is 4. The third kappa shape index (κ3) is 2.51.